The number of aromatic nitrogens is 4. The van der Waals surface area contributed by atoms with Gasteiger partial charge in [-0.1, -0.05) is 17.8 Å². The maximum absolute atomic E-state index is 13.7. The van der Waals surface area contributed by atoms with Crippen molar-refractivity contribution in [1.82, 2.24) is 15.4 Å². The minimum Gasteiger partial charge on any atom is -0.385 e. The van der Waals surface area contributed by atoms with Crippen molar-refractivity contribution in [3.8, 4) is 0 Å². The van der Waals surface area contributed by atoms with Crippen molar-refractivity contribution in [2.24, 2.45) is 7.05 Å². The first-order valence-corrected chi connectivity index (χ1v) is 11.9. The number of alkyl halides is 9. The maximum Gasteiger partial charge on any atom is 0.416 e. The number of rotatable bonds is 5. The Morgan fingerprint density at radius 2 is 1.56 bits per heavy atom. The van der Waals surface area contributed by atoms with Gasteiger partial charge in [0.05, 0.1) is 27.8 Å². The van der Waals surface area contributed by atoms with Gasteiger partial charge in [-0.3, -0.25) is 0 Å². The summed E-state index contributed by atoms with van der Waals surface area (Å²) in [4.78, 5) is 2.60. The van der Waals surface area contributed by atoms with E-state index in [-0.39, 0.29) is 35.2 Å². The van der Waals surface area contributed by atoms with Gasteiger partial charge in [-0.2, -0.15) is 39.5 Å². The molecule has 0 unspecified atom stereocenters. The van der Waals surface area contributed by atoms with Crippen LogP contribution in [0.4, 0.5) is 51.1 Å². The minimum absolute atomic E-state index is 0.00821. The second-order valence-electron chi connectivity index (χ2n) is 9.21. The molecule has 1 aliphatic heterocycles. The summed E-state index contributed by atoms with van der Waals surface area (Å²) in [6.45, 7) is 1.39. The van der Waals surface area contributed by atoms with Crippen molar-refractivity contribution in [3.63, 3.8) is 0 Å². The lowest BCUT2D eigenvalue weighted by Gasteiger charge is -2.30. The van der Waals surface area contributed by atoms with E-state index in [0.29, 0.717) is 37.1 Å². The highest BCUT2D eigenvalue weighted by molar-refractivity contribution is 5.60. The fourth-order valence-electron chi connectivity index (χ4n) is 4.69. The zero-order valence-corrected chi connectivity index (χ0v) is 20.7. The van der Waals surface area contributed by atoms with Crippen LogP contribution in [0.15, 0.2) is 30.3 Å². The Hall–Kier alpha value is -3.52. The molecule has 2 heterocycles. The molecule has 3 aromatic rings. The van der Waals surface area contributed by atoms with Gasteiger partial charge in [-0.25, -0.2) is 0 Å². The predicted octanol–water partition coefficient (Wildman–Crippen LogP) is 6.20. The van der Waals surface area contributed by atoms with E-state index < -0.39 is 47.8 Å². The van der Waals surface area contributed by atoms with Crippen molar-refractivity contribution >= 4 is 11.6 Å². The first kappa shape index (κ1) is 28.5. The lowest BCUT2D eigenvalue weighted by atomic mass is 9.93. The minimum atomic E-state index is -5.04. The van der Waals surface area contributed by atoms with Crippen LogP contribution in [0.1, 0.15) is 59.2 Å². The number of anilines is 2. The molecule has 0 aliphatic carbocycles. The standard InChI is InChI=1S/C24H23F9N6/c1-3-14-9-17-19(11-18(14)24(31,32)33)34-6-4-5-20(17)39(21-35-37-38(2)36-21)12-13-7-15(22(25,26)27)10-16(8-13)23(28,29)30/h7-11,20,34H,3-6,12H2,1-2H3/p+1/t20-/m0/s1. The first-order chi connectivity index (χ1) is 18.1. The Morgan fingerprint density at radius 1 is 0.923 bits per heavy atom. The Labute approximate surface area is 216 Å². The summed E-state index contributed by atoms with van der Waals surface area (Å²) in [5.41, 5.74) is -3.49. The van der Waals surface area contributed by atoms with Gasteiger partial charge in [0.2, 0.25) is 0 Å². The quantitative estimate of drug-likeness (QED) is 0.285. The molecule has 1 aromatic heterocycles. The summed E-state index contributed by atoms with van der Waals surface area (Å²) >= 11 is 0. The van der Waals surface area contributed by atoms with E-state index in [1.165, 1.54) is 22.8 Å². The fraction of sp³-hybridized carbons (Fsp3) is 0.458. The van der Waals surface area contributed by atoms with Crippen molar-refractivity contribution in [2.75, 3.05) is 16.8 Å². The highest BCUT2D eigenvalue weighted by atomic mass is 19.4. The number of hydrogen-bond acceptors (Lipinski definition) is 4. The van der Waals surface area contributed by atoms with Crippen LogP contribution >= 0.6 is 0 Å². The first-order valence-electron chi connectivity index (χ1n) is 11.9. The summed E-state index contributed by atoms with van der Waals surface area (Å²) in [5, 5.41) is 13.7. The van der Waals surface area contributed by atoms with E-state index in [9.17, 15) is 39.5 Å². The topological polar surface area (TPSA) is 60.7 Å². The molecule has 0 spiro atoms. The normalized spacial score (nSPS) is 16.4. The molecule has 0 fully saturated rings. The molecule has 212 valence electrons. The number of H-pyrrole nitrogens is 1. The van der Waals surface area contributed by atoms with E-state index in [4.69, 9.17) is 0 Å². The number of aryl methyl sites for hydroxylation is 2. The molecule has 1 atom stereocenters. The highest BCUT2D eigenvalue weighted by Crippen LogP contribution is 2.43. The molecule has 0 saturated carbocycles. The lowest BCUT2D eigenvalue weighted by Crippen LogP contribution is -2.35. The molecule has 2 aromatic carbocycles. The second kappa shape index (κ2) is 10.2. The molecule has 4 rings (SSSR count). The van der Waals surface area contributed by atoms with Crippen molar-refractivity contribution in [3.05, 3.63) is 63.7 Å². The average Bonchev–Trinajstić information content (AvgIpc) is 3.15. The molecule has 39 heavy (non-hydrogen) atoms. The number of tetrazole rings is 1. The smallest absolute Gasteiger partial charge is 0.385 e. The van der Waals surface area contributed by atoms with Crippen LogP contribution in [-0.2, 0) is 38.5 Å². The van der Waals surface area contributed by atoms with Crippen LogP contribution in [0.3, 0.4) is 0 Å². The van der Waals surface area contributed by atoms with Gasteiger partial charge < -0.3 is 10.2 Å². The Balaban J connectivity index is 1.87. The number of benzene rings is 2. The van der Waals surface area contributed by atoms with Crippen LogP contribution in [0, 0.1) is 0 Å². The fourth-order valence-corrected chi connectivity index (χ4v) is 4.69. The average molecular weight is 567 g/mol. The van der Waals surface area contributed by atoms with Gasteiger partial charge in [0, 0.05) is 23.9 Å². The SMILES string of the molecule is CCc1cc2c(cc1C(F)(F)F)NCCC[C@@H]2N(Cc1cc(C(F)(F)F)cc(C(F)(F)F)c1)c1n[nH][n+](C)n1. The molecule has 0 bridgehead atoms. The Morgan fingerprint density at radius 3 is 2.08 bits per heavy atom. The van der Waals surface area contributed by atoms with Crippen LogP contribution < -0.4 is 15.0 Å². The number of nitrogens with zero attached hydrogens (tertiary/aromatic N) is 4. The van der Waals surface area contributed by atoms with E-state index in [0.717, 1.165) is 6.07 Å². The number of hydrogen-bond donors (Lipinski definition) is 2. The van der Waals surface area contributed by atoms with E-state index in [1.807, 2.05) is 0 Å². The van der Waals surface area contributed by atoms with Crippen LogP contribution in [-0.4, -0.2) is 22.0 Å². The van der Waals surface area contributed by atoms with Crippen molar-refractivity contribution in [1.29, 1.82) is 0 Å². The van der Waals surface area contributed by atoms with Gasteiger partial charge in [-0.05, 0) is 65.4 Å². The van der Waals surface area contributed by atoms with Crippen LogP contribution in [0.2, 0.25) is 0 Å². The van der Waals surface area contributed by atoms with Gasteiger partial charge in [-0.15, -0.1) is 0 Å². The van der Waals surface area contributed by atoms with Gasteiger partial charge in [0.15, 0.2) is 0 Å². The molecular formula is C24H24F9N6+. The predicted molar refractivity (Wildman–Crippen MR) is 121 cm³/mol. The number of fused-ring (bicyclic) bond motifs is 1. The van der Waals surface area contributed by atoms with Crippen molar-refractivity contribution < 1.29 is 44.3 Å². The monoisotopic (exact) mass is 567 g/mol. The maximum atomic E-state index is 13.7. The summed E-state index contributed by atoms with van der Waals surface area (Å²) < 4.78 is 122. The van der Waals surface area contributed by atoms with Gasteiger partial charge in [0.1, 0.15) is 7.05 Å². The number of aromatic amines is 1. The molecule has 6 nitrogen and oxygen atoms in total. The Kier molecular flexibility index (Phi) is 7.47. The third-order valence-electron chi connectivity index (χ3n) is 6.46. The third-order valence-corrected chi connectivity index (χ3v) is 6.46. The molecular weight excluding hydrogens is 543 g/mol. The molecule has 0 amide bonds. The van der Waals surface area contributed by atoms with Crippen molar-refractivity contribution in [2.45, 2.75) is 57.3 Å². The number of halogens is 9. The summed E-state index contributed by atoms with van der Waals surface area (Å²) in [5.74, 6) is -0.0423. The molecule has 0 radical (unpaired) electrons. The van der Waals surface area contributed by atoms with Crippen LogP contribution in [0.5, 0.6) is 0 Å². The summed E-state index contributed by atoms with van der Waals surface area (Å²) in [6, 6.07) is 2.90. The zero-order valence-electron chi connectivity index (χ0n) is 20.7. The largest absolute Gasteiger partial charge is 0.416 e. The highest BCUT2D eigenvalue weighted by Gasteiger charge is 2.39. The zero-order chi connectivity index (χ0) is 28.8. The second-order valence-corrected chi connectivity index (χ2v) is 9.21. The summed E-state index contributed by atoms with van der Waals surface area (Å²) in [7, 11) is 1.48. The Bertz CT molecular complexity index is 1290. The molecule has 1 aliphatic rings. The van der Waals surface area contributed by atoms with E-state index >= 15 is 0 Å². The number of nitrogens with one attached hydrogen (secondary N) is 2. The molecule has 0 saturated heterocycles. The molecule has 2 N–H and O–H groups in total. The lowest BCUT2D eigenvalue weighted by molar-refractivity contribution is -0.783. The summed E-state index contributed by atoms with van der Waals surface area (Å²) in [6.07, 6.45) is -13.9. The van der Waals surface area contributed by atoms with Gasteiger partial charge in [0.25, 0.3) is 0 Å². The molecule has 15 heteroatoms. The van der Waals surface area contributed by atoms with Gasteiger partial charge >= 0.3 is 24.5 Å². The third kappa shape index (κ3) is 6.22. The van der Waals surface area contributed by atoms with E-state index in [2.05, 4.69) is 20.7 Å². The van der Waals surface area contributed by atoms with E-state index in [1.54, 1.807) is 6.92 Å². The van der Waals surface area contributed by atoms with Crippen LogP contribution in [0.25, 0.3) is 0 Å².